The van der Waals surface area contributed by atoms with Gasteiger partial charge in [0.05, 0.1) is 21.7 Å². The highest BCUT2D eigenvalue weighted by molar-refractivity contribution is 6.44. The molecule has 20 heavy (non-hydrogen) atoms. The number of hydrogen-bond donors (Lipinski definition) is 3. The SMILES string of the molecule is CC1OCCC1(O)CNC(=O)c1cc(N)cc(Cl)c1Cl. The van der Waals surface area contributed by atoms with Crippen molar-refractivity contribution in [3.05, 3.63) is 27.7 Å². The van der Waals surface area contributed by atoms with Gasteiger partial charge in [0.25, 0.3) is 5.91 Å². The molecular formula is C13H16Cl2N2O3. The van der Waals surface area contributed by atoms with Gasteiger partial charge in [-0.1, -0.05) is 23.2 Å². The van der Waals surface area contributed by atoms with Gasteiger partial charge in [-0.05, 0) is 19.1 Å². The summed E-state index contributed by atoms with van der Waals surface area (Å²) in [7, 11) is 0. The topological polar surface area (TPSA) is 84.6 Å². The zero-order valence-electron chi connectivity index (χ0n) is 11.0. The first-order valence-electron chi connectivity index (χ1n) is 6.20. The van der Waals surface area contributed by atoms with E-state index in [4.69, 9.17) is 33.7 Å². The molecule has 1 fully saturated rings. The zero-order valence-corrected chi connectivity index (χ0v) is 12.5. The molecular weight excluding hydrogens is 303 g/mol. The number of carbonyl (C=O) groups is 1. The van der Waals surface area contributed by atoms with Crippen LogP contribution in [0, 0.1) is 0 Å². The molecule has 2 atom stereocenters. The van der Waals surface area contributed by atoms with Crippen LogP contribution in [0.3, 0.4) is 0 Å². The van der Waals surface area contributed by atoms with E-state index in [1.54, 1.807) is 6.92 Å². The van der Waals surface area contributed by atoms with E-state index in [1.165, 1.54) is 12.1 Å². The highest BCUT2D eigenvalue weighted by Crippen LogP contribution is 2.29. The molecule has 4 N–H and O–H groups in total. The number of carbonyl (C=O) groups excluding carboxylic acids is 1. The van der Waals surface area contributed by atoms with E-state index in [9.17, 15) is 9.90 Å². The van der Waals surface area contributed by atoms with Gasteiger partial charge in [-0.2, -0.15) is 0 Å². The summed E-state index contributed by atoms with van der Waals surface area (Å²) in [6.45, 7) is 2.32. The van der Waals surface area contributed by atoms with Gasteiger partial charge in [-0.3, -0.25) is 4.79 Å². The van der Waals surface area contributed by atoms with Crippen LogP contribution in [-0.2, 0) is 4.74 Å². The van der Waals surface area contributed by atoms with E-state index < -0.39 is 11.5 Å². The zero-order chi connectivity index (χ0) is 14.9. The van der Waals surface area contributed by atoms with E-state index in [1.807, 2.05) is 0 Å². The fourth-order valence-corrected chi connectivity index (χ4v) is 2.53. The Labute approximate surface area is 127 Å². The molecule has 2 rings (SSSR count). The van der Waals surface area contributed by atoms with Gasteiger partial charge >= 0.3 is 0 Å². The van der Waals surface area contributed by atoms with E-state index >= 15 is 0 Å². The second-order valence-corrected chi connectivity index (χ2v) is 5.70. The molecule has 0 radical (unpaired) electrons. The number of nitrogen functional groups attached to an aromatic ring is 1. The normalized spacial score (nSPS) is 25.7. The van der Waals surface area contributed by atoms with Crippen LogP contribution >= 0.6 is 23.2 Å². The minimum atomic E-state index is -1.06. The maximum atomic E-state index is 12.1. The Bertz CT molecular complexity index is 539. The highest BCUT2D eigenvalue weighted by atomic mass is 35.5. The largest absolute Gasteiger partial charge is 0.399 e. The van der Waals surface area contributed by atoms with Crippen LogP contribution in [0.4, 0.5) is 5.69 Å². The summed E-state index contributed by atoms with van der Waals surface area (Å²) in [5.41, 5.74) is 5.11. The monoisotopic (exact) mass is 318 g/mol. The standard InChI is InChI=1S/C13H16Cl2N2O3/c1-7-13(19,2-3-20-7)6-17-12(18)9-4-8(16)5-10(14)11(9)15/h4-5,7,19H,2-3,6,16H2,1H3,(H,17,18). The van der Waals surface area contributed by atoms with Gasteiger partial charge < -0.3 is 20.9 Å². The summed E-state index contributed by atoms with van der Waals surface area (Å²) in [6.07, 6.45) is 0.141. The molecule has 110 valence electrons. The molecule has 1 aromatic rings. The molecule has 0 bridgehead atoms. The molecule has 1 aromatic carbocycles. The van der Waals surface area contributed by atoms with Crippen molar-refractivity contribution < 1.29 is 14.6 Å². The van der Waals surface area contributed by atoms with Crippen molar-refractivity contribution in [2.75, 3.05) is 18.9 Å². The first-order valence-corrected chi connectivity index (χ1v) is 6.96. The number of hydrogen-bond acceptors (Lipinski definition) is 4. The fourth-order valence-electron chi connectivity index (χ4n) is 2.11. The summed E-state index contributed by atoms with van der Waals surface area (Å²) >= 11 is 11.9. The van der Waals surface area contributed by atoms with Crippen LogP contribution in [0.1, 0.15) is 23.7 Å². The maximum absolute atomic E-state index is 12.1. The van der Waals surface area contributed by atoms with Crippen molar-refractivity contribution in [2.24, 2.45) is 0 Å². The quantitative estimate of drug-likeness (QED) is 0.742. The number of aliphatic hydroxyl groups is 1. The molecule has 0 aliphatic carbocycles. The number of amides is 1. The summed E-state index contributed by atoms with van der Waals surface area (Å²) in [5, 5.41) is 13.3. The number of nitrogens with two attached hydrogens (primary N) is 1. The molecule has 1 amide bonds. The van der Waals surface area contributed by atoms with Crippen molar-refractivity contribution in [3.8, 4) is 0 Å². The van der Waals surface area contributed by atoms with Crippen molar-refractivity contribution in [1.29, 1.82) is 0 Å². The number of benzene rings is 1. The van der Waals surface area contributed by atoms with Crippen LogP contribution in [-0.4, -0.2) is 35.9 Å². The Morgan fingerprint density at radius 1 is 1.60 bits per heavy atom. The van der Waals surface area contributed by atoms with Crippen molar-refractivity contribution in [1.82, 2.24) is 5.32 Å². The lowest BCUT2D eigenvalue weighted by Crippen LogP contribution is -2.47. The van der Waals surface area contributed by atoms with Crippen LogP contribution < -0.4 is 11.1 Å². The average molecular weight is 319 g/mol. The summed E-state index contributed by atoms with van der Waals surface area (Å²) < 4.78 is 5.30. The Balaban J connectivity index is 2.09. The van der Waals surface area contributed by atoms with Crippen molar-refractivity contribution in [2.45, 2.75) is 25.0 Å². The average Bonchev–Trinajstić information content (AvgIpc) is 2.72. The molecule has 0 spiro atoms. The maximum Gasteiger partial charge on any atom is 0.253 e. The van der Waals surface area contributed by atoms with Gasteiger partial charge in [0, 0.05) is 25.3 Å². The van der Waals surface area contributed by atoms with Crippen LogP contribution in [0.15, 0.2) is 12.1 Å². The lowest BCUT2D eigenvalue weighted by molar-refractivity contribution is -0.0251. The molecule has 0 aromatic heterocycles. The molecule has 2 unspecified atom stereocenters. The minimum absolute atomic E-state index is 0.0791. The van der Waals surface area contributed by atoms with Crippen LogP contribution in [0.25, 0.3) is 0 Å². The van der Waals surface area contributed by atoms with E-state index in [0.717, 1.165) is 0 Å². The number of nitrogens with one attached hydrogen (secondary N) is 1. The third kappa shape index (κ3) is 3.01. The molecule has 1 heterocycles. The molecule has 5 nitrogen and oxygen atoms in total. The number of rotatable bonds is 3. The van der Waals surface area contributed by atoms with E-state index in [2.05, 4.69) is 5.32 Å². The Hall–Kier alpha value is -1.01. The summed E-state index contributed by atoms with van der Waals surface area (Å²) in [4.78, 5) is 12.1. The third-order valence-corrected chi connectivity index (χ3v) is 4.31. The van der Waals surface area contributed by atoms with Gasteiger partial charge in [-0.25, -0.2) is 0 Å². The van der Waals surface area contributed by atoms with Gasteiger partial charge in [0.1, 0.15) is 5.60 Å². The molecule has 1 saturated heterocycles. The van der Waals surface area contributed by atoms with E-state index in [0.29, 0.717) is 18.7 Å². The van der Waals surface area contributed by atoms with Crippen LogP contribution in [0.5, 0.6) is 0 Å². The van der Waals surface area contributed by atoms with Gasteiger partial charge in [0.2, 0.25) is 0 Å². The third-order valence-electron chi connectivity index (χ3n) is 3.51. The molecule has 0 saturated carbocycles. The number of ether oxygens (including phenoxy) is 1. The Morgan fingerprint density at radius 2 is 2.30 bits per heavy atom. The number of anilines is 1. The number of halogens is 2. The highest BCUT2D eigenvalue weighted by Gasteiger charge is 2.39. The molecule has 7 heteroatoms. The van der Waals surface area contributed by atoms with Gasteiger partial charge in [-0.15, -0.1) is 0 Å². The summed E-state index contributed by atoms with van der Waals surface area (Å²) in [5.74, 6) is -0.434. The summed E-state index contributed by atoms with van der Waals surface area (Å²) in [6, 6.07) is 2.92. The lowest BCUT2D eigenvalue weighted by atomic mass is 9.96. The first-order chi connectivity index (χ1) is 9.33. The Kier molecular flexibility index (Phi) is 4.44. The predicted octanol–water partition coefficient (Wildman–Crippen LogP) is 1.85. The first kappa shape index (κ1) is 15.4. The second kappa shape index (κ2) is 5.77. The smallest absolute Gasteiger partial charge is 0.253 e. The fraction of sp³-hybridized carbons (Fsp3) is 0.462. The van der Waals surface area contributed by atoms with Crippen molar-refractivity contribution in [3.63, 3.8) is 0 Å². The van der Waals surface area contributed by atoms with Crippen LogP contribution in [0.2, 0.25) is 10.0 Å². The molecule has 1 aliphatic heterocycles. The van der Waals surface area contributed by atoms with Crippen molar-refractivity contribution >= 4 is 34.8 Å². The predicted molar refractivity (Wildman–Crippen MR) is 78.2 cm³/mol. The second-order valence-electron chi connectivity index (χ2n) is 4.91. The van der Waals surface area contributed by atoms with E-state index in [-0.39, 0.29) is 28.3 Å². The molecule has 1 aliphatic rings. The lowest BCUT2D eigenvalue weighted by Gasteiger charge is -2.26. The van der Waals surface area contributed by atoms with Gasteiger partial charge in [0.15, 0.2) is 0 Å². The Morgan fingerprint density at radius 3 is 2.90 bits per heavy atom. The minimum Gasteiger partial charge on any atom is -0.399 e.